The van der Waals surface area contributed by atoms with Crippen molar-refractivity contribution in [3.63, 3.8) is 0 Å². The van der Waals surface area contributed by atoms with Gasteiger partial charge >= 0.3 is 0 Å². The van der Waals surface area contributed by atoms with Gasteiger partial charge in [0.25, 0.3) is 0 Å². The summed E-state index contributed by atoms with van der Waals surface area (Å²) in [6.45, 7) is 2.92. The van der Waals surface area contributed by atoms with Gasteiger partial charge in [0.1, 0.15) is 0 Å². The van der Waals surface area contributed by atoms with Gasteiger partial charge in [-0.2, -0.15) is 0 Å². The fraction of sp³-hybridized carbons (Fsp3) is 0.571. The van der Waals surface area contributed by atoms with Crippen molar-refractivity contribution in [1.29, 1.82) is 0 Å². The van der Waals surface area contributed by atoms with Crippen molar-refractivity contribution in [2.75, 3.05) is 12.3 Å². The quantitative estimate of drug-likeness (QED) is 0.828. The monoisotopic (exact) mass is 335 g/mol. The smallest absolute Gasteiger partial charge is 0.179 e. The number of nitrogens with one attached hydrogen (secondary N) is 1. The maximum Gasteiger partial charge on any atom is 0.179 e. The van der Waals surface area contributed by atoms with Crippen LogP contribution in [0.2, 0.25) is 10.0 Å². The van der Waals surface area contributed by atoms with Gasteiger partial charge in [-0.25, -0.2) is 8.42 Å². The van der Waals surface area contributed by atoms with Gasteiger partial charge in [0.05, 0.1) is 20.7 Å². The lowest BCUT2D eigenvalue weighted by Crippen LogP contribution is -2.38. The van der Waals surface area contributed by atoms with E-state index in [4.69, 9.17) is 23.2 Å². The molecule has 0 bridgehead atoms. The molecule has 20 heavy (non-hydrogen) atoms. The second-order valence-electron chi connectivity index (χ2n) is 5.26. The van der Waals surface area contributed by atoms with Crippen molar-refractivity contribution in [2.45, 2.75) is 37.1 Å². The second kappa shape index (κ2) is 6.65. The van der Waals surface area contributed by atoms with E-state index in [1.807, 2.05) is 0 Å². The van der Waals surface area contributed by atoms with E-state index in [-0.39, 0.29) is 21.7 Å². The predicted molar refractivity (Wildman–Crippen MR) is 83.3 cm³/mol. The Bertz CT molecular complexity index is 571. The fourth-order valence-corrected chi connectivity index (χ4v) is 4.18. The molecule has 0 saturated heterocycles. The Kier molecular flexibility index (Phi) is 5.35. The zero-order chi connectivity index (χ0) is 14.8. The highest BCUT2D eigenvalue weighted by molar-refractivity contribution is 7.91. The topological polar surface area (TPSA) is 46.2 Å². The Morgan fingerprint density at radius 1 is 1.30 bits per heavy atom. The van der Waals surface area contributed by atoms with Crippen LogP contribution in [0.3, 0.4) is 0 Å². The minimum absolute atomic E-state index is 0.0365. The third-order valence-corrected chi connectivity index (χ3v) is 6.01. The Labute approximate surface area is 130 Å². The number of sulfone groups is 1. The van der Waals surface area contributed by atoms with Crippen molar-refractivity contribution >= 4 is 33.0 Å². The Balaban J connectivity index is 2.14. The Morgan fingerprint density at radius 3 is 2.55 bits per heavy atom. The molecule has 0 radical (unpaired) electrons. The number of hydrogen-bond donors (Lipinski definition) is 1. The molecule has 0 spiro atoms. The molecule has 2 rings (SSSR count). The zero-order valence-corrected chi connectivity index (χ0v) is 13.7. The van der Waals surface area contributed by atoms with Gasteiger partial charge in [-0.05, 0) is 49.9 Å². The lowest BCUT2D eigenvalue weighted by molar-refractivity contribution is 0.489. The molecular weight excluding hydrogens is 317 g/mol. The van der Waals surface area contributed by atoms with Gasteiger partial charge in [0.2, 0.25) is 0 Å². The summed E-state index contributed by atoms with van der Waals surface area (Å²) in [5.41, 5.74) is 0. The minimum atomic E-state index is -3.34. The second-order valence-corrected chi connectivity index (χ2v) is 8.10. The molecule has 1 saturated carbocycles. The molecule has 1 aromatic rings. The van der Waals surface area contributed by atoms with Crippen LogP contribution in [0, 0.1) is 5.92 Å². The highest BCUT2D eigenvalue weighted by Crippen LogP contribution is 2.34. The predicted octanol–water partition coefficient (Wildman–Crippen LogP) is 3.55. The van der Waals surface area contributed by atoms with Gasteiger partial charge < -0.3 is 5.32 Å². The summed E-state index contributed by atoms with van der Waals surface area (Å²) in [5, 5.41) is 3.99. The number of rotatable bonds is 7. The van der Waals surface area contributed by atoms with Crippen LogP contribution in [0.4, 0.5) is 0 Å². The van der Waals surface area contributed by atoms with E-state index in [1.165, 1.54) is 18.2 Å². The maximum atomic E-state index is 12.5. The summed E-state index contributed by atoms with van der Waals surface area (Å²) in [6, 6.07) is 4.52. The first-order chi connectivity index (χ1) is 9.44. The van der Waals surface area contributed by atoms with Gasteiger partial charge in [0, 0.05) is 6.04 Å². The van der Waals surface area contributed by atoms with Crippen LogP contribution in [0.15, 0.2) is 23.1 Å². The largest absolute Gasteiger partial charge is 0.313 e. The number of hydrogen-bond acceptors (Lipinski definition) is 3. The SMILES string of the molecule is CCCNC(CS(=O)(=O)c1ccc(Cl)c(Cl)c1)C1CC1. The molecule has 0 heterocycles. The molecule has 1 aromatic carbocycles. The average Bonchev–Trinajstić information content (AvgIpc) is 3.22. The molecule has 0 aliphatic heterocycles. The molecule has 1 unspecified atom stereocenters. The molecule has 1 atom stereocenters. The molecule has 3 nitrogen and oxygen atoms in total. The van der Waals surface area contributed by atoms with Crippen LogP contribution in [-0.4, -0.2) is 26.8 Å². The normalized spacial score (nSPS) is 17.1. The summed E-state index contributed by atoms with van der Waals surface area (Å²) in [4.78, 5) is 0.246. The molecule has 6 heteroatoms. The van der Waals surface area contributed by atoms with Crippen molar-refractivity contribution < 1.29 is 8.42 Å². The van der Waals surface area contributed by atoms with Crippen molar-refractivity contribution in [1.82, 2.24) is 5.32 Å². The standard InChI is InChI=1S/C14H19Cl2NO2S/c1-2-7-17-14(10-3-4-10)9-20(18,19)11-5-6-12(15)13(16)8-11/h5-6,8,10,14,17H,2-4,7,9H2,1H3. The molecule has 1 aliphatic carbocycles. The highest BCUT2D eigenvalue weighted by atomic mass is 35.5. The number of halogens is 2. The molecular formula is C14H19Cl2NO2S. The minimum Gasteiger partial charge on any atom is -0.313 e. The third kappa shape index (κ3) is 4.10. The summed E-state index contributed by atoms with van der Waals surface area (Å²) >= 11 is 11.7. The molecule has 112 valence electrons. The van der Waals surface area contributed by atoms with Crippen LogP contribution in [-0.2, 0) is 9.84 Å². The number of benzene rings is 1. The molecule has 0 amide bonds. The van der Waals surface area contributed by atoms with Gasteiger partial charge in [-0.3, -0.25) is 0 Å². The van der Waals surface area contributed by atoms with E-state index in [0.717, 1.165) is 25.8 Å². The molecule has 1 fully saturated rings. The van der Waals surface area contributed by atoms with Crippen LogP contribution in [0.1, 0.15) is 26.2 Å². The average molecular weight is 336 g/mol. The van der Waals surface area contributed by atoms with Gasteiger partial charge in [0.15, 0.2) is 9.84 Å². The zero-order valence-electron chi connectivity index (χ0n) is 11.4. The fourth-order valence-electron chi connectivity index (χ4n) is 2.19. The van der Waals surface area contributed by atoms with E-state index in [9.17, 15) is 8.42 Å². The summed E-state index contributed by atoms with van der Waals surface area (Å²) in [6.07, 6.45) is 3.21. The first kappa shape index (κ1) is 16.1. The summed E-state index contributed by atoms with van der Waals surface area (Å²) in [5.74, 6) is 0.606. The maximum absolute atomic E-state index is 12.5. The van der Waals surface area contributed by atoms with Crippen molar-refractivity contribution in [3.05, 3.63) is 28.2 Å². The Morgan fingerprint density at radius 2 is 2.00 bits per heavy atom. The van der Waals surface area contributed by atoms with E-state index in [1.54, 1.807) is 0 Å². The van der Waals surface area contributed by atoms with Gasteiger partial charge in [-0.15, -0.1) is 0 Å². The summed E-state index contributed by atoms with van der Waals surface area (Å²) < 4.78 is 24.9. The van der Waals surface area contributed by atoms with Crippen LogP contribution in [0.25, 0.3) is 0 Å². The van der Waals surface area contributed by atoms with Crippen molar-refractivity contribution in [2.24, 2.45) is 5.92 Å². The Hall–Kier alpha value is -0.290. The first-order valence-electron chi connectivity index (χ1n) is 6.85. The summed E-state index contributed by atoms with van der Waals surface area (Å²) in [7, 11) is -3.34. The lowest BCUT2D eigenvalue weighted by atomic mass is 10.2. The van der Waals surface area contributed by atoms with Crippen molar-refractivity contribution in [3.8, 4) is 0 Å². The molecule has 1 aliphatic rings. The first-order valence-corrected chi connectivity index (χ1v) is 9.26. The van der Waals surface area contributed by atoms with Crippen LogP contribution >= 0.6 is 23.2 Å². The van der Waals surface area contributed by atoms with E-state index in [0.29, 0.717) is 10.9 Å². The van der Waals surface area contributed by atoms with Gasteiger partial charge in [-0.1, -0.05) is 30.1 Å². The van der Waals surface area contributed by atoms with Crippen LogP contribution < -0.4 is 5.32 Å². The highest BCUT2D eigenvalue weighted by Gasteiger charge is 2.34. The van der Waals surface area contributed by atoms with E-state index < -0.39 is 9.84 Å². The molecule has 1 N–H and O–H groups in total. The van der Waals surface area contributed by atoms with E-state index in [2.05, 4.69) is 12.2 Å². The molecule has 0 aromatic heterocycles. The third-order valence-electron chi connectivity index (χ3n) is 3.50. The van der Waals surface area contributed by atoms with Crippen LogP contribution in [0.5, 0.6) is 0 Å². The lowest BCUT2D eigenvalue weighted by Gasteiger charge is -2.18. The van der Waals surface area contributed by atoms with E-state index >= 15 is 0 Å².